The largest absolute Gasteiger partial charge is 0.358 e. The Bertz CT molecular complexity index is 201. The van der Waals surface area contributed by atoms with E-state index in [2.05, 4.69) is 4.74 Å². The zero-order chi connectivity index (χ0) is 9.30. The van der Waals surface area contributed by atoms with E-state index in [1.165, 1.54) is 14.2 Å². The van der Waals surface area contributed by atoms with E-state index < -0.39 is 24.3 Å². The maximum atomic E-state index is 12.9. The molecule has 0 bridgehead atoms. The average Bonchev–Trinajstić information content (AvgIpc) is 2.02. The molecule has 2 atom stereocenters. The number of urea groups is 1. The normalized spacial score (nSPS) is 30.4. The predicted molar refractivity (Wildman–Crippen MR) is 37.0 cm³/mol. The fourth-order valence-electron chi connectivity index (χ4n) is 0.981. The highest BCUT2D eigenvalue weighted by molar-refractivity contribution is 5.99. The molecule has 12 heavy (non-hydrogen) atoms. The molecule has 0 saturated carbocycles. The second-order valence-corrected chi connectivity index (χ2v) is 2.43. The van der Waals surface area contributed by atoms with Gasteiger partial charge in [-0.15, -0.1) is 0 Å². The van der Waals surface area contributed by atoms with Crippen LogP contribution in [0.2, 0.25) is 0 Å². The van der Waals surface area contributed by atoms with Gasteiger partial charge in [-0.3, -0.25) is 15.0 Å². The minimum atomic E-state index is -1.82. The number of rotatable bonds is 1. The molecule has 68 valence electrons. The van der Waals surface area contributed by atoms with Gasteiger partial charge in [-0.25, -0.2) is 9.18 Å². The first-order valence-electron chi connectivity index (χ1n) is 3.32. The second kappa shape index (κ2) is 3.06. The zero-order valence-corrected chi connectivity index (χ0v) is 6.70. The molecule has 0 aliphatic carbocycles. The third-order valence-corrected chi connectivity index (χ3v) is 1.67. The molecule has 1 rings (SSSR count). The van der Waals surface area contributed by atoms with E-state index in [9.17, 15) is 14.0 Å². The molecule has 0 radical (unpaired) electrons. The van der Waals surface area contributed by atoms with Crippen LogP contribution in [0.3, 0.4) is 0 Å². The van der Waals surface area contributed by atoms with Gasteiger partial charge in [0.15, 0.2) is 6.23 Å². The van der Waals surface area contributed by atoms with Crippen LogP contribution in [0, 0.1) is 0 Å². The maximum Gasteiger partial charge on any atom is 0.326 e. The predicted octanol–water partition coefficient (Wildman–Crippen LogP) is -0.521. The minimum Gasteiger partial charge on any atom is -0.358 e. The van der Waals surface area contributed by atoms with Crippen LogP contribution in [0.25, 0.3) is 0 Å². The third kappa shape index (κ3) is 1.25. The van der Waals surface area contributed by atoms with Gasteiger partial charge >= 0.3 is 6.03 Å². The lowest BCUT2D eigenvalue weighted by molar-refractivity contribution is -0.140. The smallest absolute Gasteiger partial charge is 0.326 e. The molecule has 1 fully saturated rings. The van der Waals surface area contributed by atoms with Crippen molar-refractivity contribution in [1.82, 2.24) is 10.2 Å². The van der Waals surface area contributed by atoms with Crippen molar-refractivity contribution in [3.63, 3.8) is 0 Å². The molecular weight excluding hydrogens is 167 g/mol. The summed E-state index contributed by atoms with van der Waals surface area (Å²) in [6.45, 7) is 0. The first-order valence-corrected chi connectivity index (χ1v) is 3.32. The number of ether oxygens (including phenoxy) is 1. The van der Waals surface area contributed by atoms with Gasteiger partial charge < -0.3 is 4.74 Å². The molecule has 6 heteroatoms. The Morgan fingerprint density at radius 2 is 2.17 bits per heavy atom. The Hall–Kier alpha value is -1.17. The van der Waals surface area contributed by atoms with Crippen molar-refractivity contribution in [3.8, 4) is 0 Å². The van der Waals surface area contributed by atoms with Crippen LogP contribution in [0.1, 0.15) is 0 Å². The lowest BCUT2D eigenvalue weighted by Gasteiger charge is -2.32. The molecule has 1 N–H and O–H groups in total. The molecule has 5 nitrogen and oxygen atoms in total. The molecule has 1 aliphatic rings. The van der Waals surface area contributed by atoms with Gasteiger partial charge in [0.2, 0.25) is 6.17 Å². The van der Waals surface area contributed by atoms with Crippen LogP contribution >= 0.6 is 0 Å². The minimum absolute atomic E-state index is 0.652. The van der Waals surface area contributed by atoms with Crippen molar-refractivity contribution in [2.75, 3.05) is 14.2 Å². The fourth-order valence-corrected chi connectivity index (χ4v) is 0.981. The number of carbonyl (C=O) groups is 2. The number of imide groups is 1. The molecule has 0 aromatic rings. The van der Waals surface area contributed by atoms with E-state index >= 15 is 0 Å². The Kier molecular flexibility index (Phi) is 2.27. The van der Waals surface area contributed by atoms with Crippen LogP contribution in [-0.2, 0) is 9.53 Å². The Morgan fingerprint density at radius 1 is 1.58 bits per heavy atom. The van der Waals surface area contributed by atoms with Crippen LogP contribution in [0.5, 0.6) is 0 Å². The van der Waals surface area contributed by atoms with Crippen LogP contribution in [-0.4, -0.2) is 43.4 Å². The summed E-state index contributed by atoms with van der Waals surface area (Å²) in [5.41, 5.74) is 0. The molecule has 2 unspecified atom stereocenters. The summed E-state index contributed by atoms with van der Waals surface area (Å²) in [5, 5.41) is 1.84. The summed E-state index contributed by atoms with van der Waals surface area (Å²) in [5.74, 6) is -0.954. The summed E-state index contributed by atoms with van der Waals surface area (Å²) >= 11 is 0. The molecule has 0 aromatic carbocycles. The highest BCUT2D eigenvalue weighted by Gasteiger charge is 2.39. The number of hydrogen-bond acceptors (Lipinski definition) is 3. The van der Waals surface area contributed by atoms with Crippen molar-refractivity contribution in [3.05, 3.63) is 0 Å². The highest BCUT2D eigenvalue weighted by atomic mass is 19.1. The molecular formula is C6H9FN2O3. The summed E-state index contributed by atoms with van der Waals surface area (Å²) in [6, 6.07) is -0.652. The number of amides is 3. The number of carbonyl (C=O) groups excluding carboxylic acids is 2. The van der Waals surface area contributed by atoms with Crippen molar-refractivity contribution >= 4 is 11.9 Å². The summed E-state index contributed by atoms with van der Waals surface area (Å²) in [6.07, 6.45) is -2.94. The lowest BCUT2D eigenvalue weighted by atomic mass is 10.2. The SMILES string of the molecule is COC1C(F)C(=O)NC(=O)N1C. The Labute approximate surface area is 68.5 Å². The zero-order valence-electron chi connectivity index (χ0n) is 6.70. The molecule has 1 aliphatic heterocycles. The van der Waals surface area contributed by atoms with Gasteiger partial charge in [-0.1, -0.05) is 0 Å². The second-order valence-electron chi connectivity index (χ2n) is 2.43. The maximum absolute atomic E-state index is 12.9. The molecule has 1 saturated heterocycles. The number of methoxy groups -OCH3 is 1. The van der Waals surface area contributed by atoms with E-state index in [0.717, 1.165) is 4.90 Å². The number of alkyl halides is 1. The van der Waals surface area contributed by atoms with E-state index in [4.69, 9.17) is 0 Å². The topological polar surface area (TPSA) is 58.6 Å². The molecule has 0 spiro atoms. The molecule has 1 heterocycles. The van der Waals surface area contributed by atoms with Crippen LogP contribution in [0.4, 0.5) is 9.18 Å². The Morgan fingerprint density at radius 3 is 2.67 bits per heavy atom. The molecule has 0 aromatic heterocycles. The van der Waals surface area contributed by atoms with Crippen molar-refractivity contribution < 1.29 is 18.7 Å². The monoisotopic (exact) mass is 176 g/mol. The van der Waals surface area contributed by atoms with Crippen molar-refractivity contribution in [2.24, 2.45) is 0 Å². The van der Waals surface area contributed by atoms with Crippen LogP contribution < -0.4 is 5.32 Å². The first kappa shape index (κ1) is 8.92. The van der Waals surface area contributed by atoms with Gasteiger partial charge in [-0.05, 0) is 0 Å². The highest BCUT2D eigenvalue weighted by Crippen LogP contribution is 2.12. The number of nitrogens with zero attached hydrogens (tertiary/aromatic N) is 1. The standard InChI is InChI=1S/C6H9FN2O3/c1-9-5(12-2)3(7)4(10)8-6(9)11/h3,5H,1-2H3,(H,8,10,11). The van der Waals surface area contributed by atoms with E-state index in [0.29, 0.717) is 0 Å². The van der Waals surface area contributed by atoms with Gasteiger partial charge in [0, 0.05) is 14.2 Å². The van der Waals surface area contributed by atoms with E-state index in [-0.39, 0.29) is 0 Å². The van der Waals surface area contributed by atoms with E-state index in [1.807, 2.05) is 5.32 Å². The number of hydrogen-bond donors (Lipinski definition) is 1. The van der Waals surface area contributed by atoms with Gasteiger partial charge in [0.05, 0.1) is 0 Å². The van der Waals surface area contributed by atoms with Gasteiger partial charge in [-0.2, -0.15) is 0 Å². The first-order chi connectivity index (χ1) is 5.57. The molecule has 3 amide bonds. The van der Waals surface area contributed by atoms with Crippen molar-refractivity contribution in [1.29, 1.82) is 0 Å². The van der Waals surface area contributed by atoms with Crippen LogP contribution in [0.15, 0.2) is 0 Å². The fraction of sp³-hybridized carbons (Fsp3) is 0.667. The summed E-state index contributed by atoms with van der Waals surface area (Å²) in [7, 11) is 2.59. The Balaban J connectivity index is 2.80. The number of halogens is 1. The van der Waals surface area contributed by atoms with Gasteiger partial charge in [0.25, 0.3) is 5.91 Å². The number of nitrogens with one attached hydrogen (secondary N) is 1. The van der Waals surface area contributed by atoms with Crippen molar-refractivity contribution in [2.45, 2.75) is 12.4 Å². The summed E-state index contributed by atoms with van der Waals surface area (Å²) < 4.78 is 17.6. The third-order valence-electron chi connectivity index (χ3n) is 1.67. The van der Waals surface area contributed by atoms with E-state index in [1.54, 1.807) is 0 Å². The quantitative estimate of drug-likeness (QED) is 0.584. The average molecular weight is 176 g/mol. The van der Waals surface area contributed by atoms with Gasteiger partial charge in [0.1, 0.15) is 0 Å². The lowest BCUT2D eigenvalue weighted by Crippen LogP contribution is -2.60. The summed E-state index contributed by atoms with van der Waals surface area (Å²) in [4.78, 5) is 22.6.